The number of pyridine rings is 1. The third-order valence-corrected chi connectivity index (χ3v) is 6.64. The van der Waals surface area contributed by atoms with Crippen molar-refractivity contribution < 1.29 is 27.8 Å². The van der Waals surface area contributed by atoms with Gasteiger partial charge in [-0.2, -0.15) is 0 Å². The van der Waals surface area contributed by atoms with Gasteiger partial charge in [0.15, 0.2) is 23.1 Å². The highest BCUT2D eigenvalue weighted by Gasteiger charge is 2.56. The summed E-state index contributed by atoms with van der Waals surface area (Å²) < 4.78 is 54.3. The molecule has 0 amide bonds. The first-order valence-electron chi connectivity index (χ1n) is 10.8. The van der Waals surface area contributed by atoms with Crippen molar-refractivity contribution in [3.63, 3.8) is 0 Å². The molecule has 0 bridgehead atoms. The summed E-state index contributed by atoms with van der Waals surface area (Å²) in [6.07, 6.45) is -1.81. The molecule has 2 aromatic heterocycles. The molecule has 8 nitrogen and oxygen atoms in total. The van der Waals surface area contributed by atoms with Gasteiger partial charge >= 0.3 is 0 Å². The van der Waals surface area contributed by atoms with Crippen LogP contribution in [0.3, 0.4) is 0 Å². The zero-order valence-electron chi connectivity index (χ0n) is 18.5. The SMILES string of the molecule is COc1cc(CCl)cnc1O[C@H]1CN2c3cc(-c4cccc(F)c4O)nnc3NC[C@]2(C(F)F)C1. The normalized spacial score (nSPS) is 20.9. The first kappa shape index (κ1) is 23.3. The third kappa shape index (κ3) is 3.93. The standard InChI is InChI=1S/C23H21ClF3N5O3/c1-34-18-5-12(8-24)9-28-21(18)35-13-7-23(22(26)27)11-29-20-17(32(23)10-13)6-16(30-31-20)14-3-2-4-15(25)19(14)33/h2-6,9,13,22,33H,7-8,10-11H2,1H3,(H,29,31)/t13-,23+/m1/s1. The summed E-state index contributed by atoms with van der Waals surface area (Å²) in [7, 11) is 1.46. The summed E-state index contributed by atoms with van der Waals surface area (Å²) >= 11 is 5.86. The molecular formula is C23H21ClF3N5O3. The van der Waals surface area contributed by atoms with E-state index in [0.29, 0.717) is 17.3 Å². The fourth-order valence-electron chi connectivity index (χ4n) is 4.57. The highest BCUT2D eigenvalue weighted by Crippen LogP contribution is 2.46. The lowest BCUT2D eigenvalue weighted by atomic mass is 9.93. The Labute approximate surface area is 203 Å². The molecular weight excluding hydrogens is 487 g/mol. The second-order valence-electron chi connectivity index (χ2n) is 8.40. The number of rotatable bonds is 6. The number of aromatic nitrogens is 3. The van der Waals surface area contributed by atoms with Gasteiger partial charge in [0.25, 0.3) is 12.3 Å². The minimum Gasteiger partial charge on any atom is -0.504 e. The van der Waals surface area contributed by atoms with Crippen molar-refractivity contribution >= 4 is 23.1 Å². The number of nitrogens with one attached hydrogen (secondary N) is 1. The van der Waals surface area contributed by atoms with Crippen molar-refractivity contribution in [3.8, 4) is 28.6 Å². The molecule has 3 aromatic rings. The maximum absolute atomic E-state index is 14.5. The van der Waals surface area contributed by atoms with E-state index in [2.05, 4.69) is 20.5 Å². The Bertz CT molecular complexity index is 1270. The molecule has 0 unspecified atom stereocenters. The van der Waals surface area contributed by atoms with Crippen molar-refractivity contribution in [2.75, 3.05) is 30.4 Å². The first-order valence-corrected chi connectivity index (χ1v) is 11.3. The van der Waals surface area contributed by atoms with Crippen LogP contribution in [-0.2, 0) is 5.88 Å². The molecule has 5 rings (SSSR count). The molecule has 2 N–H and O–H groups in total. The Kier molecular flexibility index (Phi) is 5.96. The predicted molar refractivity (Wildman–Crippen MR) is 123 cm³/mol. The topological polar surface area (TPSA) is 92.6 Å². The molecule has 2 aliphatic heterocycles. The van der Waals surface area contributed by atoms with Crippen LogP contribution in [0.1, 0.15) is 12.0 Å². The zero-order chi connectivity index (χ0) is 24.7. The molecule has 184 valence electrons. The fourth-order valence-corrected chi connectivity index (χ4v) is 4.71. The van der Waals surface area contributed by atoms with E-state index < -0.39 is 29.6 Å². The average molecular weight is 508 g/mol. The Morgan fingerprint density at radius 2 is 2.14 bits per heavy atom. The van der Waals surface area contributed by atoms with Gasteiger partial charge in [0.05, 0.1) is 25.0 Å². The van der Waals surface area contributed by atoms with Crippen LogP contribution in [0.25, 0.3) is 11.3 Å². The fraction of sp³-hybridized carbons (Fsp3) is 0.348. The van der Waals surface area contributed by atoms with Crippen LogP contribution in [0.15, 0.2) is 36.5 Å². The number of aromatic hydroxyl groups is 1. The first-order chi connectivity index (χ1) is 16.9. The van der Waals surface area contributed by atoms with Crippen LogP contribution in [0.4, 0.5) is 24.7 Å². The van der Waals surface area contributed by atoms with E-state index in [1.807, 2.05) is 0 Å². The van der Waals surface area contributed by atoms with Gasteiger partial charge in [0.2, 0.25) is 0 Å². The lowest BCUT2D eigenvalue weighted by Gasteiger charge is -2.43. The molecule has 0 saturated carbocycles. The smallest absolute Gasteiger partial charge is 0.263 e. The summed E-state index contributed by atoms with van der Waals surface area (Å²) in [4.78, 5) is 5.79. The van der Waals surface area contributed by atoms with Gasteiger partial charge in [-0.25, -0.2) is 18.2 Å². The van der Waals surface area contributed by atoms with Crippen molar-refractivity contribution in [3.05, 3.63) is 47.9 Å². The van der Waals surface area contributed by atoms with E-state index in [1.165, 1.54) is 25.3 Å². The van der Waals surface area contributed by atoms with E-state index in [0.717, 1.165) is 11.6 Å². The molecule has 1 saturated heterocycles. The number of para-hydroxylation sites is 1. The molecule has 0 spiro atoms. The van der Waals surface area contributed by atoms with E-state index in [-0.39, 0.29) is 42.5 Å². The summed E-state index contributed by atoms with van der Waals surface area (Å²) in [6, 6.07) is 7.20. The number of ether oxygens (including phenoxy) is 2. The number of benzene rings is 1. The Hall–Kier alpha value is -3.47. The second kappa shape index (κ2) is 8.95. The van der Waals surface area contributed by atoms with Crippen LogP contribution < -0.4 is 19.7 Å². The lowest BCUT2D eigenvalue weighted by molar-refractivity contribution is 0.0526. The Morgan fingerprint density at radius 3 is 2.89 bits per heavy atom. The molecule has 0 radical (unpaired) electrons. The van der Waals surface area contributed by atoms with Gasteiger partial charge in [-0.1, -0.05) is 6.07 Å². The van der Waals surface area contributed by atoms with Gasteiger partial charge in [0, 0.05) is 30.6 Å². The number of hydrogen-bond donors (Lipinski definition) is 2. The number of methoxy groups -OCH3 is 1. The van der Waals surface area contributed by atoms with Gasteiger partial charge in [0.1, 0.15) is 11.6 Å². The van der Waals surface area contributed by atoms with Gasteiger partial charge in [-0.15, -0.1) is 21.8 Å². The van der Waals surface area contributed by atoms with Gasteiger partial charge in [-0.3, -0.25) is 0 Å². The summed E-state index contributed by atoms with van der Waals surface area (Å²) in [5, 5.41) is 21.2. The summed E-state index contributed by atoms with van der Waals surface area (Å²) in [6.45, 7) is 0.0356. The van der Waals surface area contributed by atoms with Gasteiger partial charge < -0.3 is 24.8 Å². The number of anilines is 2. The summed E-state index contributed by atoms with van der Waals surface area (Å²) in [5.41, 5.74) is -0.237. The van der Waals surface area contributed by atoms with E-state index >= 15 is 0 Å². The average Bonchev–Trinajstić information content (AvgIpc) is 3.26. The van der Waals surface area contributed by atoms with Crippen LogP contribution >= 0.6 is 11.6 Å². The number of nitrogens with zero attached hydrogens (tertiary/aromatic N) is 4. The monoisotopic (exact) mass is 507 g/mol. The Morgan fingerprint density at radius 1 is 1.31 bits per heavy atom. The van der Waals surface area contributed by atoms with Crippen molar-refractivity contribution in [2.45, 2.75) is 30.4 Å². The van der Waals surface area contributed by atoms with Crippen molar-refractivity contribution in [1.82, 2.24) is 15.2 Å². The second-order valence-corrected chi connectivity index (χ2v) is 8.66. The van der Waals surface area contributed by atoms with Crippen LogP contribution in [-0.4, -0.2) is 58.6 Å². The number of phenolic OH excluding ortho intramolecular Hbond substituents is 1. The molecule has 2 atom stereocenters. The van der Waals surface area contributed by atoms with Gasteiger partial charge in [-0.05, 0) is 29.8 Å². The number of phenols is 1. The zero-order valence-corrected chi connectivity index (χ0v) is 19.3. The van der Waals surface area contributed by atoms with Crippen LogP contribution in [0.5, 0.6) is 17.4 Å². The largest absolute Gasteiger partial charge is 0.504 e. The van der Waals surface area contributed by atoms with E-state index in [4.69, 9.17) is 21.1 Å². The number of fused-ring (bicyclic) bond motifs is 3. The number of hydrogen-bond acceptors (Lipinski definition) is 8. The maximum Gasteiger partial charge on any atom is 0.263 e. The molecule has 1 aromatic carbocycles. The molecule has 2 aliphatic rings. The summed E-state index contributed by atoms with van der Waals surface area (Å²) in [5.74, 6) is -0.328. The molecule has 12 heteroatoms. The van der Waals surface area contributed by atoms with Crippen LogP contribution in [0.2, 0.25) is 0 Å². The minimum absolute atomic E-state index is 0.00205. The highest BCUT2D eigenvalue weighted by molar-refractivity contribution is 6.17. The quantitative estimate of drug-likeness (QED) is 0.479. The Balaban J connectivity index is 1.50. The van der Waals surface area contributed by atoms with Crippen LogP contribution in [0, 0.1) is 5.82 Å². The predicted octanol–water partition coefficient (Wildman–Crippen LogP) is 4.22. The van der Waals surface area contributed by atoms with Crippen molar-refractivity contribution in [1.29, 1.82) is 0 Å². The maximum atomic E-state index is 14.5. The molecule has 0 aliphatic carbocycles. The minimum atomic E-state index is -2.72. The lowest BCUT2D eigenvalue weighted by Crippen LogP contribution is -2.57. The third-order valence-electron chi connectivity index (χ3n) is 6.33. The van der Waals surface area contributed by atoms with Crippen molar-refractivity contribution in [2.24, 2.45) is 0 Å². The number of halogens is 4. The molecule has 4 heterocycles. The number of alkyl halides is 3. The van der Waals surface area contributed by atoms with E-state index in [1.54, 1.807) is 17.2 Å². The van der Waals surface area contributed by atoms with E-state index in [9.17, 15) is 18.3 Å². The highest BCUT2D eigenvalue weighted by atomic mass is 35.5. The molecule has 1 fully saturated rings. The molecule has 35 heavy (non-hydrogen) atoms.